The first-order valence-corrected chi connectivity index (χ1v) is 9.89. The van der Waals surface area contributed by atoms with Gasteiger partial charge < -0.3 is 24.6 Å². The van der Waals surface area contributed by atoms with E-state index in [1.54, 1.807) is 7.11 Å². The fourth-order valence-electron chi connectivity index (χ4n) is 3.30. The van der Waals surface area contributed by atoms with Gasteiger partial charge >= 0.3 is 24.3 Å². The largest absolute Gasteiger partial charge is 0.497 e. The summed E-state index contributed by atoms with van der Waals surface area (Å²) in [5.41, 5.74) is 1.31. The number of carboxylic acid groups (broad SMARTS) is 2. The lowest BCUT2D eigenvalue weighted by atomic mass is 10.1. The number of methoxy groups -OCH3 is 1. The van der Waals surface area contributed by atoms with Gasteiger partial charge in [-0.05, 0) is 24.7 Å². The maximum Gasteiger partial charge on any atom is 0.490 e. The zero-order valence-corrected chi connectivity index (χ0v) is 18.4. The Bertz CT molecular complexity index is 780. The number of likely N-dealkylation sites (tertiary alicyclic amines) is 1. The Morgan fingerprint density at radius 2 is 1.62 bits per heavy atom. The number of hydrogen-bond acceptors (Lipinski definition) is 6. The number of likely N-dealkylation sites (N-methyl/N-ethyl adjacent to an activating group) is 1. The standard InChI is InChI=1S/C16H24N2O2.2C2HF3O2/c1-17-6-7-20-16-12-18(11-14(16)10-17)9-13-4-3-5-15(8-13)19-2;2*3-2(4,5)1(6)7/h3-5,8,14,16H,6-7,9-12H2,1-2H3;2*(H,6,7)/t14-,16+;;/m0../s1. The van der Waals surface area contributed by atoms with Crippen LogP contribution in [0.4, 0.5) is 26.3 Å². The predicted molar refractivity (Wildman–Crippen MR) is 106 cm³/mol. The fourth-order valence-corrected chi connectivity index (χ4v) is 3.30. The summed E-state index contributed by atoms with van der Waals surface area (Å²) in [7, 11) is 3.91. The van der Waals surface area contributed by atoms with Crippen LogP contribution in [0.1, 0.15) is 5.56 Å². The number of fused-ring (bicyclic) bond motifs is 1. The first-order valence-electron chi connectivity index (χ1n) is 9.89. The summed E-state index contributed by atoms with van der Waals surface area (Å²) < 4.78 is 74.8. The number of carbonyl (C=O) groups is 2. The number of halogens is 6. The zero-order valence-electron chi connectivity index (χ0n) is 18.4. The molecule has 0 amide bonds. The van der Waals surface area contributed by atoms with E-state index in [1.165, 1.54) is 5.56 Å². The van der Waals surface area contributed by atoms with Gasteiger partial charge in [0.25, 0.3) is 0 Å². The number of ether oxygens (including phenoxy) is 2. The minimum atomic E-state index is -5.08. The van der Waals surface area contributed by atoms with Crippen LogP contribution in [0.3, 0.4) is 0 Å². The van der Waals surface area contributed by atoms with Crippen LogP contribution < -0.4 is 4.74 Å². The van der Waals surface area contributed by atoms with Gasteiger partial charge in [-0.2, -0.15) is 26.3 Å². The Hall–Kier alpha value is -2.58. The number of nitrogens with zero attached hydrogens (tertiary/aromatic N) is 2. The fraction of sp³-hybridized carbons (Fsp3) is 0.600. The molecule has 2 aliphatic heterocycles. The lowest BCUT2D eigenvalue weighted by Crippen LogP contribution is -2.29. The smallest absolute Gasteiger partial charge is 0.490 e. The average molecular weight is 504 g/mol. The van der Waals surface area contributed by atoms with Gasteiger partial charge in [-0.1, -0.05) is 12.1 Å². The Morgan fingerprint density at radius 3 is 2.12 bits per heavy atom. The molecule has 2 aliphatic rings. The van der Waals surface area contributed by atoms with E-state index in [0.717, 1.165) is 45.1 Å². The van der Waals surface area contributed by atoms with Crippen molar-refractivity contribution >= 4 is 11.9 Å². The van der Waals surface area contributed by atoms with Crippen molar-refractivity contribution < 1.29 is 55.6 Å². The van der Waals surface area contributed by atoms with Gasteiger partial charge in [-0.25, -0.2) is 9.59 Å². The number of rotatable bonds is 3. The molecule has 2 fully saturated rings. The Morgan fingerprint density at radius 1 is 1.06 bits per heavy atom. The number of alkyl halides is 6. The van der Waals surface area contributed by atoms with Crippen LogP contribution in [-0.2, 0) is 20.9 Å². The van der Waals surface area contributed by atoms with Crippen molar-refractivity contribution in [2.24, 2.45) is 5.92 Å². The van der Waals surface area contributed by atoms with Crippen LogP contribution in [0.25, 0.3) is 0 Å². The highest BCUT2D eigenvalue weighted by Crippen LogP contribution is 2.25. The quantitative estimate of drug-likeness (QED) is 0.607. The highest BCUT2D eigenvalue weighted by Gasteiger charge is 2.39. The van der Waals surface area contributed by atoms with Gasteiger partial charge in [-0.3, -0.25) is 4.90 Å². The lowest BCUT2D eigenvalue weighted by Gasteiger charge is -2.19. The SMILES string of the molecule is COc1cccc(CN2C[C@@H]3CN(C)CCO[C@@H]3C2)c1.O=C(O)C(F)(F)F.O=C(O)C(F)(F)F. The molecule has 0 aromatic heterocycles. The molecule has 194 valence electrons. The van der Waals surface area contributed by atoms with Crippen LogP contribution in [-0.4, -0.2) is 97.4 Å². The van der Waals surface area contributed by atoms with Crippen molar-refractivity contribution in [1.29, 1.82) is 0 Å². The molecule has 2 saturated heterocycles. The minimum absolute atomic E-state index is 0.408. The molecule has 1 aromatic rings. The van der Waals surface area contributed by atoms with Crippen molar-refractivity contribution in [3.63, 3.8) is 0 Å². The Labute approximate surface area is 191 Å². The maximum absolute atomic E-state index is 10.6. The molecule has 0 radical (unpaired) electrons. The van der Waals surface area contributed by atoms with Gasteiger partial charge in [0.15, 0.2) is 0 Å². The monoisotopic (exact) mass is 504 g/mol. The third-order valence-corrected chi connectivity index (χ3v) is 4.83. The number of benzene rings is 1. The van der Waals surface area contributed by atoms with Gasteiger partial charge in [0.2, 0.25) is 0 Å². The van der Waals surface area contributed by atoms with E-state index in [4.69, 9.17) is 29.3 Å². The molecule has 14 heteroatoms. The third-order valence-electron chi connectivity index (χ3n) is 4.83. The van der Waals surface area contributed by atoms with Crippen LogP contribution in [0.15, 0.2) is 24.3 Å². The maximum atomic E-state index is 10.6. The lowest BCUT2D eigenvalue weighted by molar-refractivity contribution is -0.193. The van der Waals surface area contributed by atoms with E-state index >= 15 is 0 Å². The summed E-state index contributed by atoms with van der Waals surface area (Å²) in [6.07, 6.45) is -9.76. The Kier molecular flexibility index (Phi) is 11.1. The molecule has 0 saturated carbocycles. The van der Waals surface area contributed by atoms with E-state index in [2.05, 4.69) is 35.0 Å². The number of hydrogen-bond donors (Lipinski definition) is 2. The summed E-state index contributed by atoms with van der Waals surface area (Å²) >= 11 is 0. The summed E-state index contributed by atoms with van der Waals surface area (Å²) in [5, 5.41) is 14.2. The van der Waals surface area contributed by atoms with Crippen LogP contribution in [0, 0.1) is 5.92 Å². The van der Waals surface area contributed by atoms with Gasteiger partial charge in [0.05, 0.1) is 19.8 Å². The average Bonchev–Trinajstić information content (AvgIpc) is 2.99. The minimum Gasteiger partial charge on any atom is -0.497 e. The van der Waals surface area contributed by atoms with Crippen LogP contribution >= 0.6 is 0 Å². The van der Waals surface area contributed by atoms with Crippen LogP contribution in [0.5, 0.6) is 5.75 Å². The molecule has 2 N–H and O–H groups in total. The third kappa shape index (κ3) is 10.6. The first kappa shape index (κ1) is 29.5. The number of carboxylic acids is 2. The molecule has 2 heterocycles. The topological polar surface area (TPSA) is 99.5 Å². The Balaban J connectivity index is 0.000000343. The van der Waals surface area contributed by atoms with E-state index in [1.807, 2.05) is 6.07 Å². The molecule has 0 aliphatic carbocycles. The molecular formula is C20H26F6N2O6. The highest BCUT2D eigenvalue weighted by atomic mass is 19.4. The normalized spacial score (nSPS) is 21.2. The van der Waals surface area contributed by atoms with Crippen molar-refractivity contribution in [1.82, 2.24) is 9.80 Å². The van der Waals surface area contributed by atoms with E-state index < -0.39 is 24.3 Å². The van der Waals surface area contributed by atoms with Gasteiger partial charge in [-0.15, -0.1) is 0 Å². The first-order chi connectivity index (χ1) is 15.6. The van der Waals surface area contributed by atoms with E-state index in [9.17, 15) is 26.3 Å². The summed E-state index contributed by atoms with van der Waals surface area (Å²) in [4.78, 5) is 22.7. The van der Waals surface area contributed by atoms with E-state index in [-0.39, 0.29) is 0 Å². The molecule has 34 heavy (non-hydrogen) atoms. The van der Waals surface area contributed by atoms with E-state index in [0.29, 0.717) is 12.0 Å². The molecule has 0 unspecified atom stereocenters. The molecule has 0 bridgehead atoms. The molecule has 8 nitrogen and oxygen atoms in total. The molecular weight excluding hydrogens is 478 g/mol. The summed E-state index contributed by atoms with van der Waals surface area (Å²) in [5.74, 6) is -3.93. The van der Waals surface area contributed by atoms with Crippen molar-refractivity contribution in [3.05, 3.63) is 29.8 Å². The zero-order chi connectivity index (χ0) is 26.1. The summed E-state index contributed by atoms with van der Waals surface area (Å²) in [6.45, 7) is 6.24. The van der Waals surface area contributed by atoms with Crippen molar-refractivity contribution in [2.45, 2.75) is 25.0 Å². The molecule has 1 aromatic carbocycles. The predicted octanol–water partition coefficient (Wildman–Crippen LogP) is 2.72. The van der Waals surface area contributed by atoms with Crippen molar-refractivity contribution in [3.8, 4) is 5.75 Å². The molecule has 2 atom stereocenters. The molecule has 3 rings (SSSR count). The number of aliphatic carboxylic acids is 2. The highest BCUT2D eigenvalue weighted by molar-refractivity contribution is 5.73. The van der Waals surface area contributed by atoms with Crippen LogP contribution in [0.2, 0.25) is 0 Å². The second-order valence-corrected chi connectivity index (χ2v) is 7.58. The second kappa shape index (κ2) is 12.8. The second-order valence-electron chi connectivity index (χ2n) is 7.58. The molecule has 0 spiro atoms. The van der Waals surface area contributed by atoms with Gasteiger partial charge in [0, 0.05) is 38.6 Å². The van der Waals surface area contributed by atoms with Crippen molar-refractivity contribution in [2.75, 3.05) is 46.9 Å². The van der Waals surface area contributed by atoms with Gasteiger partial charge in [0.1, 0.15) is 5.75 Å². The summed E-state index contributed by atoms with van der Waals surface area (Å²) in [6, 6.07) is 8.35.